The van der Waals surface area contributed by atoms with Gasteiger partial charge in [0.1, 0.15) is 5.82 Å². The zero-order valence-corrected chi connectivity index (χ0v) is 7.42. The fourth-order valence-electron chi connectivity index (χ4n) is 0.958. The zero-order chi connectivity index (χ0) is 12.3. The monoisotopic (exact) mass is 228 g/mol. The second kappa shape index (κ2) is 4.32. The highest BCUT2D eigenvalue weighted by Gasteiger charge is 2.23. The number of hydrogen-bond donors (Lipinski definition) is 0. The average Bonchev–Trinajstić information content (AvgIpc) is 2.20. The van der Waals surface area contributed by atoms with Crippen molar-refractivity contribution in [1.82, 2.24) is 0 Å². The molecule has 0 atom stereocenters. The summed E-state index contributed by atoms with van der Waals surface area (Å²) in [4.78, 5) is 22.1. The summed E-state index contributed by atoms with van der Waals surface area (Å²) in [6, 6.07) is 0.738. The first-order chi connectivity index (χ1) is 7.47. The van der Waals surface area contributed by atoms with Gasteiger partial charge < -0.3 is 0 Å². The van der Waals surface area contributed by atoms with Crippen molar-refractivity contribution in [2.75, 3.05) is 0 Å². The molecule has 1 amide bonds. The van der Waals surface area contributed by atoms with E-state index in [1.54, 1.807) is 0 Å². The van der Waals surface area contributed by atoms with Crippen LogP contribution in [0.15, 0.2) is 17.2 Å². The molecule has 0 heterocycles. The summed E-state index contributed by atoms with van der Waals surface area (Å²) in [6.07, 6.45) is 0. The minimum Gasteiger partial charge on any atom is -0.287 e. The maximum absolute atomic E-state index is 13.3. The highest BCUT2D eigenvalue weighted by Crippen LogP contribution is 2.22. The van der Waals surface area contributed by atoms with Gasteiger partial charge in [-0.05, 0) is 16.7 Å². The fraction of sp³-hybridized carbons (Fsp3) is 0. The van der Waals surface area contributed by atoms with E-state index in [1.807, 2.05) is 0 Å². The summed E-state index contributed by atoms with van der Waals surface area (Å²) in [5.41, 5.74) is 5.74. The number of nitro groups is 1. The lowest BCUT2D eigenvalue weighted by atomic mass is 10.1. The molecule has 0 unspecified atom stereocenters. The molecule has 0 saturated carbocycles. The molecule has 0 bridgehead atoms. The zero-order valence-electron chi connectivity index (χ0n) is 7.42. The number of azide groups is 1. The van der Waals surface area contributed by atoms with Crippen molar-refractivity contribution < 1.29 is 18.5 Å². The number of carbonyl (C=O) groups is 1. The van der Waals surface area contributed by atoms with E-state index in [0.29, 0.717) is 12.1 Å². The summed E-state index contributed by atoms with van der Waals surface area (Å²) < 4.78 is 26.1. The Balaban J connectivity index is 3.46. The third kappa shape index (κ3) is 2.10. The van der Waals surface area contributed by atoms with Crippen molar-refractivity contribution in [3.63, 3.8) is 0 Å². The van der Waals surface area contributed by atoms with E-state index in [4.69, 9.17) is 5.53 Å². The van der Waals surface area contributed by atoms with E-state index in [2.05, 4.69) is 10.0 Å². The second-order valence-electron chi connectivity index (χ2n) is 2.54. The van der Waals surface area contributed by atoms with Gasteiger partial charge in [-0.1, -0.05) is 0 Å². The van der Waals surface area contributed by atoms with E-state index >= 15 is 0 Å². The normalized spacial score (nSPS) is 9.38. The van der Waals surface area contributed by atoms with E-state index in [-0.39, 0.29) is 0 Å². The third-order valence-electron chi connectivity index (χ3n) is 1.58. The molecule has 0 fully saturated rings. The van der Waals surface area contributed by atoms with Crippen LogP contribution in [0.25, 0.3) is 10.4 Å². The largest absolute Gasteiger partial charge is 0.308 e. The lowest BCUT2D eigenvalue weighted by Gasteiger charge is -1.99. The van der Waals surface area contributed by atoms with Crippen LogP contribution in [0.4, 0.5) is 14.5 Å². The van der Waals surface area contributed by atoms with Gasteiger partial charge in [-0.3, -0.25) is 14.9 Å². The highest BCUT2D eigenvalue weighted by molar-refractivity contribution is 5.95. The van der Waals surface area contributed by atoms with Gasteiger partial charge in [-0.25, -0.2) is 4.39 Å². The Morgan fingerprint density at radius 3 is 2.62 bits per heavy atom. The van der Waals surface area contributed by atoms with E-state index in [1.165, 1.54) is 0 Å². The predicted molar refractivity (Wildman–Crippen MR) is 46.5 cm³/mol. The summed E-state index contributed by atoms with van der Waals surface area (Å²) in [6.45, 7) is 0. The number of halogens is 2. The molecular weight excluding hydrogens is 226 g/mol. The van der Waals surface area contributed by atoms with Gasteiger partial charge >= 0.3 is 5.69 Å². The van der Waals surface area contributed by atoms with Crippen LogP contribution in [0.5, 0.6) is 0 Å². The minimum absolute atomic E-state index is 0.322. The first-order valence-electron chi connectivity index (χ1n) is 3.70. The minimum atomic E-state index is -1.54. The smallest absolute Gasteiger partial charge is 0.287 e. The molecule has 82 valence electrons. The summed E-state index contributed by atoms with van der Waals surface area (Å²) in [5, 5.41) is 12.8. The van der Waals surface area contributed by atoms with Crippen LogP contribution in [0, 0.1) is 21.7 Å². The third-order valence-corrected chi connectivity index (χ3v) is 1.58. The number of hydrogen-bond acceptors (Lipinski definition) is 3. The molecule has 1 rings (SSSR count). The van der Waals surface area contributed by atoms with Crippen LogP contribution in [0.1, 0.15) is 10.4 Å². The molecule has 0 aliphatic heterocycles. The molecule has 9 heteroatoms. The quantitative estimate of drug-likeness (QED) is 0.254. The fourth-order valence-corrected chi connectivity index (χ4v) is 0.958. The molecule has 7 nitrogen and oxygen atoms in total. The molecule has 0 aliphatic carbocycles. The number of nitro benzene ring substituents is 1. The van der Waals surface area contributed by atoms with Crippen LogP contribution in [0.3, 0.4) is 0 Å². The Hall–Kier alpha value is -2.54. The number of benzene rings is 1. The molecule has 0 aromatic heterocycles. The number of carbonyl (C=O) groups excluding carboxylic acids is 1. The van der Waals surface area contributed by atoms with Crippen molar-refractivity contribution >= 4 is 11.6 Å². The van der Waals surface area contributed by atoms with Crippen LogP contribution >= 0.6 is 0 Å². The van der Waals surface area contributed by atoms with Gasteiger partial charge in [0, 0.05) is 4.91 Å². The average molecular weight is 228 g/mol. The maximum Gasteiger partial charge on any atom is 0.308 e. The van der Waals surface area contributed by atoms with Crippen molar-refractivity contribution in [2.24, 2.45) is 5.11 Å². The van der Waals surface area contributed by atoms with Crippen molar-refractivity contribution in [3.8, 4) is 0 Å². The standard InChI is InChI=1S/C7H2F2N4O3/c8-3-1-4(7(14)11-12-10)6(9)5(2-3)13(15)16/h1-2H. The van der Waals surface area contributed by atoms with E-state index in [9.17, 15) is 23.7 Å². The van der Waals surface area contributed by atoms with Gasteiger partial charge in [0.05, 0.1) is 16.6 Å². The van der Waals surface area contributed by atoms with E-state index < -0.39 is 33.7 Å². The lowest BCUT2D eigenvalue weighted by Crippen LogP contribution is -2.03. The number of rotatable bonds is 2. The molecule has 0 spiro atoms. The Kier molecular flexibility index (Phi) is 3.12. The van der Waals surface area contributed by atoms with Crippen LogP contribution in [-0.2, 0) is 0 Å². The van der Waals surface area contributed by atoms with Crippen LogP contribution in [-0.4, -0.2) is 10.8 Å². The van der Waals surface area contributed by atoms with E-state index in [0.717, 1.165) is 0 Å². The molecule has 1 aromatic carbocycles. The van der Waals surface area contributed by atoms with Crippen LogP contribution in [0.2, 0.25) is 0 Å². The highest BCUT2D eigenvalue weighted by atomic mass is 19.1. The topological polar surface area (TPSA) is 109 Å². The molecule has 0 N–H and O–H groups in total. The summed E-state index contributed by atoms with van der Waals surface area (Å²) >= 11 is 0. The van der Waals surface area contributed by atoms with Crippen LogP contribution < -0.4 is 0 Å². The molecule has 0 radical (unpaired) electrons. The predicted octanol–water partition coefficient (Wildman–Crippen LogP) is 2.32. The van der Waals surface area contributed by atoms with Gasteiger partial charge in [0.25, 0.3) is 5.91 Å². The molecular formula is C7H2F2N4O3. The van der Waals surface area contributed by atoms with Gasteiger partial charge in [0.15, 0.2) is 0 Å². The first-order valence-corrected chi connectivity index (χ1v) is 3.70. The molecule has 1 aromatic rings. The summed E-state index contributed by atoms with van der Waals surface area (Å²) in [5.74, 6) is -4.14. The maximum atomic E-state index is 13.3. The molecule has 16 heavy (non-hydrogen) atoms. The van der Waals surface area contributed by atoms with Crippen molar-refractivity contribution in [1.29, 1.82) is 0 Å². The Morgan fingerprint density at radius 2 is 2.12 bits per heavy atom. The molecule has 0 saturated heterocycles. The first kappa shape index (κ1) is 11.5. The van der Waals surface area contributed by atoms with Gasteiger partial charge in [0.2, 0.25) is 5.82 Å². The second-order valence-corrected chi connectivity index (χ2v) is 2.54. The number of nitrogens with zero attached hydrogens (tertiary/aromatic N) is 4. The SMILES string of the molecule is [N-]=[N+]=NC(=O)c1cc(F)cc([N+](=O)[O-])c1F. The molecule has 0 aliphatic rings. The Morgan fingerprint density at radius 1 is 1.50 bits per heavy atom. The Bertz CT molecular complexity index is 525. The van der Waals surface area contributed by atoms with Crippen molar-refractivity contribution in [2.45, 2.75) is 0 Å². The van der Waals surface area contributed by atoms with Gasteiger partial charge in [-0.2, -0.15) is 4.39 Å². The number of amides is 1. The Labute approximate surface area is 86.1 Å². The van der Waals surface area contributed by atoms with Crippen molar-refractivity contribution in [3.05, 3.63) is 49.9 Å². The van der Waals surface area contributed by atoms with Gasteiger partial charge in [-0.15, -0.1) is 0 Å². The lowest BCUT2D eigenvalue weighted by molar-refractivity contribution is -0.387. The summed E-state index contributed by atoms with van der Waals surface area (Å²) in [7, 11) is 0.